The maximum absolute atomic E-state index is 12.1. The van der Waals surface area contributed by atoms with Crippen molar-refractivity contribution in [2.24, 2.45) is 46.3 Å². The van der Waals surface area contributed by atoms with Crippen molar-refractivity contribution in [3.05, 3.63) is 23.4 Å². The van der Waals surface area contributed by atoms with Gasteiger partial charge < -0.3 is 23.1 Å². The standard InChI is InChI=1S/C15H32N2O5SSi.C9H18N2O2S.C9H16N2O2S.C4H8O.C2H6.CH4O.CH4.Ag.FH/c1-7-20-24(21-8-2,22-9-3)14(5)11-10-13(4)12-23(16,19)17-15(6)18;2*1-4-5-6-8(2)7-14(10,13)11-9(3)12;1-2-4-5-3-1;2*1-2;;;/h11,13H,7-10,12H2,1-6H3,(H2,16,17,18,19);4-5,8H,6-7H2,1-3H3,(H2,10,11,12,13);8H,6-7H2,1-3H3,(H2,10,11,12,13);1-4H2;1-2H3;2H,1H3;1H4;;1H/q;;;;;;;+1;/p-1/b;5-4+;;;;;;;/t13-,23?;2*8-,14?;;;;;;/m000....../s1/i;;;;1D;;;;. The third-order valence-electron chi connectivity index (χ3n) is 6.96. The summed E-state index contributed by atoms with van der Waals surface area (Å²) in [6.45, 7) is 26.6. The van der Waals surface area contributed by atoms with Gasteiger partial charge in [0, 0.05) is 86.0 Å². The van der Waals surface area contributed by atoms with Crippen molar-refractivity contribution in [1.29, 1.82) is 0 Å². The number of hydrogen-bond donors (Lipinski definition) is 4. The zero-order valence-electron chi connectivity index (χ0n) is 41.4. The molecule has 64 heavy (non-hydrogen) atoms. The Bertz CT molecular complexity index is 1720. The van der Waals surface area contributed by atoms with Crippen LogP contribution in [0.5, 0.6) is 0 Å². The predicted molar refractivity (Wildman–Crippen MR) is 262 cm³/mol. The predicted octanol–water partition coefficient (Wildman–Crippen LogP) is 7.32. The van der Waals surface area contributed by atoms with Gasteiger partial charge in [-0.2, -0.15) is 0 Å². The van der Waals surface area contributed by atoms with Crippen molar-refractivity contribution in [1.82, 2.24) is 0 Å². The molecule has 3 amide bonds. The molecule has 0 spiro atoms. The molecule has 388 valence electrons. The summed E-state index contributed by atoms with van der Waals surface area (Å²) in [6.07, 6.45) is 10.5. The van der Waals surface area contributed by atoms with Gasteiger partial charge in [0.15, 0.2) is 0 Å². The number of carbonyl (C=O) groups is 3. The number of halogens is 1. The summed E-state index contributed by atoms with van der Waals surface area (Å²) in [5, 5.41) is 24.3. The number of aliphatic hydroxyl groups excluding tert-OH is 1. The summed E-state index contributed by atoms with van der Waals surface area (Å²) < 4.78 is 83.4. The number of amides is 3. The molecule has 0 aromatic heterocycles. The van der Waals surface area contributed by atoms with Crippen LogP contribution in [0.4, 0.5) is 3.02 Å². The van der Waals surface area contributed by atoms with Gasteiger partial charge in [-0.15, -0.1) is 24.9 Å². The van der Waals surface area contributed by atoms with Crippen molar-refractivity contribution in [2.75, 3.05) is 57.4 Å². The fourth-order valence-electron chi connectivity index (χ4n) is 4.88. The van der Waals surface area contributed by atoms with Gasteiger partial charge in [-0.3, -0.25) is 14.4 Å². The molecule has 1 aliphatic heterocycles. The Balaban J connectivity index is -0.000000141. The van der Waals surface area contributed by atoms with Gasteiger partial charge in [-0.25, -0.2) is 28.0 Å². The zero-order chi connectivity index (χ0) is 51.4. The fourth-order valence-corrected chi connectivity index (χ4v) is 11.7. The second-order valence-corrected chi connectivity index (χ2v) is 21.9. The van der Waals surface area contributed by atoms with Gasteiger partial charge in [-0.05, 0) is 90.2 Å². The third-order valence-corrected chi connectivity index (χ3v) is 15.0. The van der Waals surface area contributed by atoms with Crippen LogP contribution in [0.1, 0.15) is 138 Å². The maximum atomic E-state index is 12.1. The van der Waals surface area contributed by atoms with Crippen LogP contribution in [0.25, 0.3) is 0 Å². The summed E-state index contributed by atoms with van der Waals surface area (Å²) in [7, 11) is -10.5. The average Bonchev–Trinajstić information content (AvgIpc) is 3.77. The molecule has 0 saturated carbocycles. The zero-order valence-corrected chi connectivity index (χ0v) is 45.3. The summed E-state index contributed by atoms with van der Waals surface area (Å²) in [4.78, 5) is 32.2. The monoisotopic (exact) mass is 1090 g/mol. The summed E-state index contributed by atoms with van der Waals surface area (Å²) >= 11 is 1.45. The van der Waals surface area contributed by atoms with E-state index in [4.69, 9.17) is 39.9 Å². The molecular formula is C41H88AgFN6O11S3Si. The molecule has 0 bridgehead atoms. The SMILES string of the molecule is C.C/C=C/C[C@H](C)CS(N)(=O)=NC(C)=O.C1CCOC1.CC#CC[C@H](C)CS(N)(=O)=NC(C)=O.CCO[Si](OCC)(OCC)C(C)=CC[C@H](C)CS(N)(=O)=NC(C)=O.CO.[2H]CC.[F][Ag]. The number of rotatable bonds is 18. The Labute approximate surface area is 405 Å². The van der Waals surface area contributed by atoms with E-state index in [9.17, 15) is 30.0 Å². The Morgan fingerprint density at radius 1 is 0.797 bits per heavy atom. The van der Waals surface area contributed by atoms with Crippen molar-refractivity contribution < 1.29 is 76.1 Å². The average molecular weight is 1090 g/mol. The van der Waals surface area contributed by atoms with Gasteiger partial charge in [0.25, 0.3) is 17.7 Å². The van der Waals surface area contributed by atoms with Crippen LogP contribution in [-0.4, -0.2) is 102 Å². The van der Waals surface area contributed by atoms with Crippen LogP contribution < -0.4 is 15.4 Å². The molecule has 1 fully saturated rings. The van der Waals surface area contributed by atoms with E-state index in [0.717, 1.165) is 31.9 Å². The number of allylic oxidation sites excluding steroid dienone is 4. The van der Waals surface area contributed by atoms with Gasteiger partial charge in [0.1, 0.15) is 29.7 Å². The van der Waals surface area contributed by atoms with Crippen molar-refractivity contribution in [2.45, 2.75) is 136 Å². The Kier molecular flexibility index (Phi) is 55.4. The third kappa shape index (κ3) is 51.5. The van der Waals surface area contributed by atoms with E-state index in [0.29, 0.717) is 39.6 Å². The molecule has 0 aliphatic carbocycles. The van der Waals surface area contributed by atoms with Crippen molar-refractivity contribution in [3.63, 3.8) is 0 Å². The molecule has 1 rings (SSSR count). The molecule has 0 aromatic rings. The van der Waals surface area contributed by atoms with E-state index in [1.807, 2.05) is 73.6 Å². The van der Waals surface area contributed by atoms with E-state index in [2.05, 4.69) is 24.9 Å². The number of nitrogens with two attached hydrogens (primary N) is 3. The Hall–Kier alpha value is -1.53. The molecule has 0 aromatic carbocycles. The van der Waals surface area contributed by atoms with Gasteiger partial charge >= 0.3 is 33.4 Å². The summed E-state index contributed by atoms with van der Waals surface area (Å²) in [5.74, 6) is 5.01. The molecule has 1 aliphatic rings. The molecule has 23 heteroatoms. The summed E-state index contributed by atoms with van der Waals surface area (Å²) in [5.41, 5.74) is 0. The quantitative estimate of drug-likeness (QED) is 0.0600. The number of hydrogen-bond acceptors (Lipinski definition) is 11. The minimum atomic E-state index is -2.98. The van der Waals surface area contributed by atoms with Gasteiger partial charge in [0.2, 0.25) is 0 Å². The molecule has 0 radical (unpaired) electrons. The van der Waals surface area contributed by atoms with Crippen LogP contribution in [0, 0.1) is 29.6 Å². The van der Waals surface area contributed by atoms with E-state index in [1.54, 1.807) is 13.8 Å². The first-order chi connectivity index (χ1) is 29.8. The Morgan fingerprint density at radius 2 is 1.12 bits per heavy atom. The van der Waals surface area contributed by atoms with E-state index < -0.39 is 56.3 Å². The molecule has 17 nitrogen and oxygen atoms in total. The number of carbonyl (C=O) groups excluding carboxylic acids is 3. The number of nitrogens with zero attached hydrogens (tertiary/aromatic N) is 3. The fraction of sp³-hybridized carbons (Fsp3) is 0.780. The molecular weight excluding hydrogens is 1000 g/mol. The normalized spacial score (nSPS) is 16.0. The van der Waals surface area contributed by atoms with Gasteiger partial charge in [-0.1, -0.05) is 60.2 Å². The number of ether oxygens (including phenoxy) is 1. The van der Waals surface area contributed by atoms with E-state index >= 15 is 0 Å². The van der Waals surface area contributed by atoms with Crippen LogP contribution >= 0.6 is 0 Å². The molecule has 1 heterocycles. The first kappa shape index (κ1) is 74.0. The first-order valence-corrected chi connectivity index (χ1v) is 27.9. The van der Waals surface area contributed by atoms with Crippen LogP contribution in [0.15, 0.2) is 36.5 Å². The van der Waals surface area contributed by atoms with Crippen molar-refractivity contribution in [3.8, 4) is 11.8 Å². The molecule has 3 unspecified atom stereocenters. The second-order valence-electron chi connectivity index (χ2n) is 13.4. The number of aliphatic hydroxyl groups is 1. The second kappa shape index (κ2) is 47.9. The van der Waals surface area contributed by atoms with E-state index in [1.165, 1.54) is 55.2 Å². The Morgan fingerprint density at radius 3 is 1.39 bits per heavy atom. The molecule has 7 N–H and O–H groups in total. The topological polar surface area (TPSA) is 275 Å². The summed E-state index contributed by atoms with van der Waals surface area (Å²) in [6, 6.07) is 0. The van der Waals surface area contributed by atoms with Crippen molar-refractivity contribution >= 4 is 56.3 Å². The first-order valence-electron chi connectivity index (χ1n) is 21.1. The molecule has 1 saturated heterocycles. The van der Waals surface area contributed by atoms with Crippen LogP contribution in [0.3, 0.4) is 0 Å². The van der Waals surface area contributed by atoms with Crippen LogP contribution in [-0.2, 0) is 83.8 Å². The minimum absolute atomic E-state index is 0. The van der Waals surface area contributed by atoms with Gasteiger partial charge in [0.05, 0.1) is 0 Å². The van der Waals surface area contributed by atoms with E-state index in [-0.39, 0.29) is 42.4 Å². The molecule has 6 atom stereocenters. The van der Waals surface area contributed by atoms with Crippen LogP contribution in [0.2, 0.25) is 0 Å².